The van der Waals surface area contributed by atoms with E-state index in [9.17, 15) is 14.7 Å². The number of phenolic OH excluding ortho intramolecular Hbond substituents is 1. The molecule has 0 aliphatic heterocycles. The van der Waals surface area contributed by atoms with Crippen molar-refractivity contribution in [1.82, 2.24) is 20.2 Å². The maximum atomic E-state index is 11.8. The Kier molecular flexibility index (Phi) is 3.75. The Labute approximate surface area is 129 Å². The van der Waals surface area contributed by atoms with Crippen LogP contribution in [-0.2, 0) is 11.2 Å². The third-order valence-corrected chi connectivity index (χ3v) is 3.72. The highest BCUT2D eigenvalue weighted by atomic mass is 32.1. The molecule has 22 heavy (non-hydrogen) atoms. The fraction of sp³-hybridized carbons (Fsp3) is 0.0714. The molecule has 0 spiro atoms. The highest BCUT2D eigenvalue weighted by molar-refractivity contribution is 7.15. The molecule has 0 saturated carbocycles. The van der Waals surface area contributed by atoms with Crippen molar-refractivity contribution in [2.24, 2.45) is 0 Å². The number of hydrazine groups is 1. The summed E-state index contributed by atoms with van der Waals surface area (Å²) in [6, 6.07) is 6.08. The van der Waals surface area contributed by atoms with Gasteiger partial charge in [0.1, 0.15) is 5.75 Å². The number of amides is 2. The van der Waals surface area contributed by atoms with Crippen molar-refractivity contribution in [3.63, 3.8) is 0 Å². The van der Waals surface area contributed by atoms with Crippen LogP contribution in [-0.4, -0.2) is 26.3 Å². The van der Waals surface area contributed by atoms with E-state index in [4.69, 9.17) is 0 Å². The molecule has 7 nitrogen and oxygen atoms in total. The number of carbonyl (C=O) groups excluding carboxylic acids is 2. The normalized spacial score (nSPS) is 10.5. The van der Waals surface area contributed by atoms with Crippen LogP contribution in [0.3, 0.4) is 0 Å². The molecular formula is C14H12N4O3S. The van der Waals surface area contributed by atoms with E-state index in [1.54, 1.807) is 18.3 Å². The lowest BCUT2D eigenvalue weighted by Gasteiger charge is -2.07. The van der Waals surface area contributed by atoms with E-state index in [-0.39, 0.29) is 17.7 Å². The van der Waals surface area contributed by atoms with Crippen LogP contribution in [0.25, 0.3) is 4.96 Å². The SMILES string of the molecule is O=C(Cc1cn2ccsc2n1)NNC(=O)c1ccccc1O. The predicted molar refractivity (Wildman–Crippen MR) is 80.5 cm³/mol. The number of phenols is 1. The van der Waals surface area contributed by atoms with Gasteiger partial charge in [0, 0.05) is 17.8 Å². The second-order valence-electron chi connectivity index (χ2n) is 4.52. The largest absolute Gasteiger partial charge is 0.507 e. The lowest BCUT2D eigenvalue weighted by atomic mass is 10.2. The van der Waals surface area contributed by atoms with Gasteiger partial charge in [-0.05, 0) is 12.1 Å². The number of aromatic hydroxyl groups is 1. The van der Waals surface area contributed by atoms with Gasteiger partial charge in [0.2, 0.25) is 5.91 Å². The smallest absolute Gasteiger partial charge is 0.273 e. The molecule has 8 heteroatoms. The van der Waals surface area contributed by atoms with Gasteiger partial charge in [-0.3, -0.25) is 24.8 Å². The van der Waals surface area contributed by atoms with Gasteiger partial charge < -0.3 is 5.11 Å². The number of hydrogen-bond donors (Lipinski definition) is 3. The maximum absolute atomic E-state index is 11.8. The molecular weight excluding hydrogens is 304 g/mol. The van der Waals surface area contributed by atoms with Gasteiger partial charge in [-0.15, -0.1) is 11.3 Å². The standard InChI is InChI=1S/C14H12N4O3S/c19-11-4-2-1-3-10(11)13(21)17-16-12(20)7-9-8-18-5-6-22-14(18)15-9/h1-6,8,19H,7H2,(H,16,20)(H,17,21). The van der Waals surface area contributed by atoms with E-state index in [0.29, 0.717) is 5.69 Å². The average Bonchev–Trinajstić information content (AvgIpc) is 3.06. The Morgan fingerprint density at radius 2 is 2.09 bits per heavy atom. The molecule has 1 aromatic carbocycles. The van der Waals surface area contributed by atoms with E-state index in [2.05, 4.69) is 15.8 Å². The van der Waals surface area contributed by atoms with E-state index in [1.807, 2.05) is 16.0 Å². The van der Waals surface area contributed by atoms with Crippen molar-refractivity contribution in [3.8, 4) is 5.75 Å². The van der Waals surface area contributed by atoms with Crippen LogP contribution in [0.1, 0.15) is 16.1 Å². The second-order valence-corrected chi connectivity index (χ2v) is 5.39. The Bertz CT molecular complexity index is 811. The van der Waals surface area contributed by atoms with Crippen molar-refractivity contribution in [1.29, 1.82) is 0 Å². The summed E-state index contributed by atoms with van der Waals surface area (Å²) in [4.78, 5) is 28.7. The molecule has 0 bridgehead atoms. The lowest BCUT2D eigenvalue weighted by molar-refractivity contribution is -0.121. The number of benzene rings is 1. The first-order chi connectivity index (χ1) is 10.6. The first-order valence-corrected chi connectivity index (χ1v) is 7.30. The predicted octanol–water partition coefficient (Wildman–Crippen LogP) is 1.11. The van der Waals surface area contributed by atoms with Crippen LogP contribution in [0, 0.1) is 0 Å². The number of nitrogens with zero attached hydrogens (tertiary/aromatic N) is 2. The molecule has 3 aromatic rings. The maximum Gasteiger partial charge on any atom is 0.273 e. The van der Waals surface area contributed by atoms with Gasteiger partial charge in [-0.25, -0.2) is 4.98 Å². The molecule has 3 rings (SSSR count). The van der Waals surface area contributed by atoms with E-state index in [1.165, 1.54) is 23.5 Å². The molecule has 2 amide bonds. The fourth-order valence-corrected chi connectivity index (χ4v) is 2.65. The molecule has 0 radical (unpaired) electrons. The topological polar surface area (TPSA) is 95.7 Å². The van der Waals surface area contributed by atoms with Crippen LogP contribution in [0.5, 0.6) is 5.75 Å². The van der Waals surface area contributed by atoms with E-state index < -0.39 is 11.8 Å². The second kappa shape index (κ2) is 5.86. The highest BCUT2D eigenvalue weighted by Crippen LogP contribution is 2.14. The zero-order chi connectivity index (χ0) is 15.5. The minimum atomic E-state index is -0.586. The molecule has 2 heterocycles. The minimum absolute atomic E-state index is 0.0510. The average molecular weight is 316 g/mol. The molecule has 112 valence electrons. The molecule has 0 aliphatic rings. The minimum Gasteiger partial charge on any atom is -0.507 e. The summed E-state index contributed by atoms with van der Waals surface area (Å²) in [5.74, 6) is -1.13. The summed E-state index contributed by atoms with van der Waals surface area (Å²) in [6.45, 7) is 0. The Morgan fingerprint density at radius 1 is 1.27 bits per heavy atom. The summed E-state index contributed by atoms with van der Waals surface area (Å²) in [7, 11) is 0. The molecule has 0 saturated heterocycles. The van der Waals surface area contributed by atoms with Gasteiger partial charge in [0.05, 0.1) is 17.7 Å². The van der Waals surface area contributed by atoms with Gasteiger partial charge in [-0.2, -0.15) is 0 Å². The fourth-order valence-electron chi connectivity index (χ4n) is 1.93. The summed E-state index contributed by atoms with van der Waals surface area (Å²) < 4.78 is 1.83. The first kappa shape index (κ1) is 14.1. The summed E-state index contributed by atoms with van der Waals surface area (Å²) in [5, 5.41) is 11.5. The molecule has 0 atom stereocenters. The van der Waals surface area contributed by atoms with Gasteiger partial charge in [0.25, 0.3) is 5.91 Å². The number of carbonyl (C=O) groups is 2. The summed E-state index contributed by atoms with van der Waals surface area (Å²) in [5.41, 5.74) is 5.26. The van der Waals surface area contributed by atoms with Crippen molar-refractivity contribution < 1.29 is 14.7 Å². The molecule has 0 aliphatic carbocycles. The number of rotatable bonds is 3. The number of thiazole rings is 1. The van der Waals surface area contributed by atoms with Crippen molar-refractivity contribution in [2.75, 3.05) is 0 Å². The van der Waals surface area contributed by atoms with Crippen LogP contribution >= 0.6 is 11.3 Å². The molecule has 3 N–H and O–H groups in total. The third kappa shape index (κ3) is 2.91. The number of hydrogen-bond acceptors (Lipinski definition) is 5. The van der Waals surface area contributed by atoms with Crippen LogP contribution in [0.4, 0.5) is 0 Å². The number of imidazole rings is 1. The van der Waals surface area contributed by atoms with Gasteiger partial charge in [0.15, 0.2) is 4.96 Å². The Morgan fingerprint density at radius 3 is 2.86 bits per heavy atom. The Balaban J connectivity index is 1.57. The zero-order valence-electron chi connectivity index (χ0n) is 11.3. The van der Waals surface area contributed by atoms with Gasteiger partial charge >= 0.3 is 0 Å². The first-order valence-electron chi connectivity index (χ1n) is 6.42. The zero-order valence-corrected chi connectivity index (χ0v) is 12.1. The quantitative estimate of drug-likeness (QED) is 0.631. The van der Waals surface area contributed by atoms with Gasteiger partial charge in [-0.1, -0.05) is 12.1 Å². The molecule has 0 fully saturated rings. The monoisotopic (exact) mass is 316 g/mol. The van der Waals surface area contributed by atoms with Crippen molar-refractivity contribution >= 4 is 28.1 Å². The summed E-state index contributed by atoms with van der Waals surface area (Å²) >= 11 is 1.47. The van der Waals surface area contributed by atoms with E-state index in [0.717, 1.165) is 4.96 Å². The van der Waals surface area contributed by atoms with Crippen LogP contribution < -0.4 is 10.9 Å². The number of para-hydroxylation sites is 1. The van der Waals surface area contributed by atoms with Crippen LogP contribution in [0.2, 0.25) is 0 Å². The molecule has 2 aromatic heterocycles. The number of fused-ring (bicyclic) bond motifs is 1. The highest BCUT2D eigenvalue weighted by Gasteiger charge is 2.12. The van der Waals surface area contributed by atoms with Crippen molar-refractivity contribution in [3.05, 3.63) is 53.3 Å². The number of nitrogens with one attached hydrogen (secondary N) is 2. The Hall–Kier alpha value is -2.87. The molecule has 0 unspecified atom stereocenters. The van der Waals surface area contributed by atoms with Crippen molar-refractivity contribution in [2.45, 2.75) is 6.42 Å². The third-order valence-electron chi connectivity index (χ3n) is 2.95. The van der Waals surface area contributed by atoms with E-state index >= 15 is 0 Å². The summed E-state index contributed by atoms with van der Waals surface area (Å²) in [6.07, 6.45) is 3.67. The number of aromatic nitrogens is 2. The van der Waals surface area contributed by atoms with Crippen LogP contribution in [0.15, 0.2) is 42.0 Å². The lowest BCUT2D eigenvalue weighted by Crippen LogP contribution is -2.42.